The third-order valence-corrected chi connectivity index (χ3v) is 4.23. The van der Waals surface area contributed by atoms with Crippen LogP contribution in [-0.2, 0) is 6.54 Å². The minimum absolute atomic E-state index is 0.142. The summed E-state index contributed by atoms with van der Waals surface area (Å²) in [5.41, 5.74) is 1.38. The van der Waals surface area contributed by atoms with Gasteiger partial charge in [0.25, 0.3) is 0 Å². The van der Waals surface area contributed by atoms with Crippen LogP contribution in [0.2, 0.25) is 0 Å². The highest BCUT2D eigenvalue weighted by molar-refractivity contribution is 5.39. The number of hydrogen-bond acceptors (Lipinski definition) is 4. The van der Waals surface area contributed by atoms with E-state index < -0.39 is 0 Å². The summed E-state index contributed by atoms with van der Waals surface area (Å²) in [6.45, 7) is 9.79. The molecule has 0 aromatic carbocycles. The summed E-state index contributed by atoms with van der Waals surface area (Å²) >= 11 is 0. The molecule has 21 heavy (non-hydrogen) atoms. The molecule has 0 unspecified atom stereocenters. The molecule has 0 amide bonds. The lowest BCUT2D eigenvalue weighted by atomic mass is 10.0. The van der Waals surface area contributed by atoms with Crippen molar-refractivity contribution >= 4 is 5.82 Å². The van der Waals surface area contributed by atoms with Gasteiger partial charge in [-0.05, 0) is 65.4 Å². The van der Waals surface area contributed by atoms with Crippen LogP contribution in [0.1, 0.15) is 39.2 Å². The smallest absolute Gasteiger partial charge is 0.128 e. The zero-order chi connectivity index (χ0) is 15.5. The van der Waals surface area contributed by atoms with E-state index in [2.05, 4.69) is 67.1 Å². The third-order valence-electron chi connectivity index (χ3n) is 4.23. The number of nitrogens with one attached hydrogen (secondary N) is 1. The topological polar surface area (TPSA) is 31.4 Å². The lowest BCUT2D eigenvalue weighted by molar-refractivity contribution is 0.252. The van der Waals surface area contributed by atoms with E-state index in [9.17, 15) is 0 Å². The molecule has 118 valence electrons. The second-order valence-corrected chi connectivity index (χ2v) is 7.27. The zero-order valence-electron chi connectivity index (χ0n) is 14.2. The second kappa shape index (κ2) is 6.75. The Morgan fingerprint density at radius 2 is 1.95 bits per heavy atom. The highest BCUT2D eigenvalue weighted by atomic mass is 15.2. The van der Waals surface area contributed by atoms with Crippen LogP contribution in [-0.4, -0.2) is 48.6 Å². The van der Waals surface area contributed by atoms with Gasteiger partial charge in [-0.2, -0.15) is 0 Å². The van der Waals surface area contributed by atoms with Crippen LogP contribution in [0, 0.1) is 0 Å². The first-order valence-electron chi connectivity index (χ1n) is 7.96. The molecule has 2 rings (SSSR count). The minimum Gasteiger partial charge on any atom is -0.357 e. The number of anilines is 1. The van der Waals surface area contributed by atoms with Gasteiger partial charge in [0.1, 0.15) is 5.82 Å². The van der Waals surface area contributed by atoms with Gasteiger partial charge < -0.3 is 15.1 Å². The lowest BCUT2D eigenvalue weighted by Crippen LogP contribution is -2.42. The molecule has 0 spiro atoms. The van der Waals surface area contributed by atoms with Gasteiger partial charge in [-0.15, -0.1) is 0 Å². The summed E-state index contributed by atoms with van der Waals surface area (Å²) in [5.74, 6) is 1.09. The van der Waals surface area contributed by atoms with Crippen LogP contribution in [0.5, 0.6) is 0 Å². The lowest BCUT2D eigenvalue weighted by Gasteiger charge is -2.35. The van der Waals surface area contributed by atoms with Crippen molar-refractivity contribution in [3.8, 4) is 0 Å². The maximum atomic E-state index is 4.65. The molecule has 4 nitrogen and oxygen atoms in total. The quantitative estimate of drug-likeness (QED) is 0.923. The summed E-state index contributed by atoms with van der Waals surface area (Å²) in [5, 5.41) is 3.50. The first-order valence-corrected chi connectivity index (χ1v) is 7.96. The van der Waals surface area contributed by atoms with Crippen molar-refractivity contribution in [3.05, 3.63) is 23.9 Å². The number of likely N-dealkylation sites (tertiary alicyclic amines) is 1. The second-order valence-electron chi connectivity index (χ2n) is 7.27. The van der Waals surface area contributed by atoms with E-state index in [1.807, 2.05) is 6.20 Å². The number of aromatic nitrogens is 1. The molecule has 1 N–H and O–H groups in total. The Morgan fingerprint density at radius 3 is 2.48 bits per heavy atom. The van der Waals surface area contributed by atoms with Crippen molar-refractivity contribution in [2.45, 2.75) is 51.7 Å². The Balaban J connectivity index is 1.92. The fourth-order valence-corrected chi connectivity index (χ4v) is 2.67. The molecule has 1 fully saturated rings. The molecule has 1 saturated heterocycles. The molecule has 1 aliphatic heterocycles. The van der Waals surface area contributed by atoms with Crippen molar-refractivity contribution in [1.29, 1.82) is 0 Å². The fourth-order valence-electron chi connectivity index (χ4n) is 2.67. The number of pyridine rings is 1. The number of rotatable bonds is 4. The van der Waals surface area contributed by atoms with Crippen LogP contribution in [0.4, 0.5) is 5.82 Å². The van der Waals surface area contributed by atoms with Crippen LogP contribution in [0.15, 0.2) is 18.3 Å². The maximum Gasteiger partial charge on any atom is 0.128 e. The molecule has 0 aliphatic carbocycles. The molecule has 0 saturated carbocycles. The highest BCUT2D eigenvalue weighted by Crippen LogP contribution is 2.20. The van der Waals surface area contributed by atoms with Gasteiger partial charge in [0.05, 0.1) is 0 Å². The average Bonchev–Trinajstić information content (AvgIpc) is 2.45. The summed E-state index contributed by atoms with van der Waals surface area (Å²) < 4.78 is 0. The van der Waals surface area contributed by atoms with Gasteiger partial charge in [-0.25, -0.2) is 4.98 Å². The van der Waals surface area contributed by atoms with Gasteiger partial charge in [-0.1, -0.05) is 6.07 Å². The van der Waals surface area contributed by atoms with Gasteiger partial charge in [0.2, 0.25) is 0 Å². The molecule has 0 bridgehead atoms. The average molecular weight is 290 g/mol. The van der Waals surface area contributed by atoms with E-state index in [1.165, 1.54) is 31.5 Å². The molecule has 1 aromatic rings. The number of piperidine rings is 1. The van der Waals surface area contributed by atoms with E-state index in [0.29, 0.717) is 6.04 Å². The Kier molecular flexibility index (Phi) is 5.22. The van der Waals surface area contributed by atoms with E-state index in [0.717, 1.165) is 12.4 Å². The van der Waals surface area contributed by atoms with Crippen LogP contribution in [0.3, 0.4) is 0 Å². The summed E-state index contributed by atoms with van der Waals surface area (Å²) in [4.78, 5) is 9.39. The third kappa shape index (κ3) is 4.97. The summed E-state index contributed by atoms with van der Waals surface area (Å²) in [6.07, 6.45) is 4.45. The molecular weight excluding hydrogens is 260 g/mol. The Morgan fingerprint density at radius 1 is 1.29 bits per heavy atom. The SMILES string of the molecule is CN1CCC(N(C)c2ccc(CNC(C)(C)C)cn2)CC1. The molecule has 0 radical (unpaired) electrons. The number of nitrogens with zero attached hydrogens (tertiary/aromatic N) is 3. The van der Waals surface area contributed by atoms with Crippen LogP contribution < -0.4 is 10.2 Å². The van der Waals surface area contributed by atoms with Crippen LogP contribution >= 0.6 is 0 Å². The molecule has 1 aromatic heterocycles. The van der Waals surface area contributed by atoms with Crippen molar-refractivity contribution in [2.24, 2.45) is 0 Å². The van der Waals surface area contributed by atoms with E-state index in [-0.39, 0.29) is 5.54 Å². The fraction of sp³-hybridized carbons (Fsp3) is 0.706. The van der Waals surface area contributed by atoms with Gasteiger partial charge >= 0.3 is 0 Å². The first-order chi connectivity index (χ1) is 9.85. The largest absolute Gasteiger partial charge is 0.357 e. The Labute approximate surface area is 129 Å². The Hall–Kier alpha value is -1.13. The summed E-state index contributed by atoms with van der Waals surface area (Å²) in [6, 6.07) is 4.96. The standard InChI is InChI=1S/C17H30N4/c1-17(2,3)19-13-14-6-7-16(18-12-14)21(5)15-8-10-20(4)11-9-15/h6-7,12,15,19H,8-11,13H2,1-5H3. The first kappa shape index (κ1) is 16.2. The van der Waals surface area contributed by atoms with E-state index >= 15 is 0 Å². The van der Waals surface area contributed by atoms with E-state index in [1.54, 1.807) is 0 Å². The van der Waals surface area contributed by atoms with Crippen LogP contribution in [0.25, 0.3) is 0 Å². The Bertz CT molecular complexity index is 427. The van der Waals surface area contributed by atoms with Crippen molar-refractivity contribution in [1.82, 2.24) is 15.2 Å². The summed E-state index contributed by atoms with van der Waals surface area (Å²) in [7, 11) is 4.37. The number of hydrogen-bond donors (Lipinski definition) is 1. The maximum absolute atomic E-state index is 4.65. The van der Waals surface area contributed by atoms with E-state index in [4.69, 9.17) is 0 Å². The van der Waals surface area contributed by atoms with Gasteiger partial charge in [0.15, 0.2) is 0 Å². The molecule has 0 atom stereocenters. The normalized spacial score (nSPS) is 18.0. The van der Waals surface area contributed by atoms with Crippen molar-refractivity contribution < 1.29 is 0 Å². The molecule has 4 heteroatoms. The van der Waals surface area contributed by atoms with Gasteiger partial charge in [0, 0.05) is 31.4 Å². The molecular formula is C17H30N4. The van der Waals surface area contributed by atoms with Crippen molar-refractivity contribution in [2.75, 3.05) is 32.1 Å². The van der Waals surface area contributed by atoms with Crippen molar-refractivity contribution in [3.63, 3.8) is 0 Å². The predicted octanol–water partition coefficient (Wildman–Crippen LogP) is 2.50. The monoisotopic (exact) mass is 290 g/mol. The molecule has 2 heterocycles. The molecule has 1 aliphatic rings. The zero-order valence-corrected chi connectivity index (χ0v) is 14.2. The highest BCUT2D eigenvalue weighted by Gasteiger charge is 2.21. The predicted molar refractivity (Wildman–Crippen MR) is 89.8 cm³/mol. The van der Waals surface area contributed by atoms with Gasteiger partial charge in [-0.3, -0.25) is 0 Å². The minimum atomic E-state index is 0.142.